The number of morpholine rings is 1. The monoisotopic (exact) mass is 513 g/mol. The van der Waals surface area contributed by atoms with Crippen molar-refractivity contribution < 1.29 is 27.9 Å². The number of aliphatic hydroxyl groups is 1. The summed E-state index contributed by atoms with van der Waals surface area (Å²) in [6.45, 7) is 3.86. The van der Waals surface area contributed by atoms with Gasteiger partial charge in [-0.3, -0.25) is 9.59 Å². The second-order valence-corrected chi connectivity index (χ2v) is 11.2. The maximum absolute atomic E-state index is 13.2. The van der Waals surface area contributed by atoms with Crippen LogP contribution < -0.4 is 0 Å². The van der Waals surface area contributed by atoms with Crippen molar-refractivity contribution in [2.24, 2.45) is 0 Å². The molecule has 1 N–H and O–H groups in total. The molecule has 0 bridgehead atoms. The average Bonchev–Trinajstić information content (AvgIpc) is 3.13. The average molecular weight is 514 g/mol. The van der Waals surface area contributed by atoms with Gasteiger partial charge >= 0.3 is 0 Å². The van der Waals surface area contributed by atoms with E-state index in [9.17, 15) is 23.1 Å². The maximum atomic E-state index is 13.2. The Morgan fingerprint density at radius 3 is 2.39 bits per heavy atom. The van der Waals surface area contributed by atoms with E-state index in [1.807, 2.05) is 50.2 Å². The molecule has 0 unspecified atom stereocenters. The third-order valence-electron chi connectivity index (χ3n) is 6.44. The number of nitrogens with zero attached hydrogens (tertiary/aromatic N) is 3. The number of amides is 1. The predicted octanol–water partition coefficient (Wildman–Crippen LogP) is 2.00. The van der Waals surface area contributed by atoms with Gasteiger partial charge in [0.25, 0.3) is 11.7 Å². The standard InChI is InChI=1S/C26H31N3O6S/c1-18-7-9-19(10-8-18)23-22(25(31)26(32)29(23)12-11-27(2)3)24(30)20-5-4-6-21(17-20)36(33,34)28-13-15-35-16-14-28/h4-10,17,23,30H,11-16H2,1-3H3/t23-/m1/s1. The number of hydrogen-bond donors (Lipinski definition) is 1. The van der Waals surface area contributed by atoms with Crippen LogP contribution in [-0.4, -0.2) is 92.8 Å². The largest absolute Gasteiger partial charge is 0.507 e. The van der Waals surface area contributed by atoms with Crippen LogP contribution in [0.25, 0.3) is 5.76 Å². The highest BCUT2D eigenvalue weighted by molar-refractivity contribution is 7.89. The second kappa shape index (κ2) is 10.5. The summed E-state index contributed by atoms with van der Waals surface area (Å²) in [5.74, 6) is -1.88. The number of likely N-dealkylation sites (tertiary alicyclic amines) is 1. The minimum Gasteiger partial charge on any atom is -0.507 e. The van der Waals surface area contributed by atoms with Crippen molar-refractivity contribution >= 4 is 27.5 Å². The first-order valence-electron chi connectivity index (χ1n) is 11.8. The first-order chi connectivity index (χ1) is 17.1. The van der Waals surface area contributed by atoms with Gasteiger partial charge in [-0.1, -0.05) is 42.0 Å². The van der Waals surface area contributed by atoms with Crippen molar-refractivity contribution in [3.63, 3.8) is 0 Å². The van der Waals surface area contributed by atoms with Crippen molar-refractivity contribution in [3.8, 4) is 0 Å². The Balaban J connectivity index is 1.79. The van der Waals surface area contributed by atoms with Crippen LogP contribution in [0, 0.1) is 6.92 Å². The number of hydrogen-bond acceptors (Lipinski definition) is 7. The van der Waals surface area contributed by atoms with Gasteiger partial charge in [0, 0.05) is 31.7 Å². The molecule has 192 valence electrons. The third-order valence-corrected chi connectivity index (χ3v) is 8.33. The number of Topliss-reactive ketones (excluding diaryl/α,β-unsaturated/α-hetero) is 1. The minimum atomic E-state index is -3.81. The lowest BCUT2D eigenvalue weighted by molar-refractivity contribution is -0.140. The van der Waals surface area contributed by atoms with Crippen LogP contribution in [0.15, 0.2) is 59.0 Å². The summed E-state index contributed by atoms with van der Waals surface area (Å²) < 4.78 is 32.9. The Labute approximate surface area is 211 Å². The van der Waals surface area contributed by atoms with Gasteiger partial charge in [-0.2, -0.15) is 4.31 Å². The number of likely N-dealkylation sites (N-methyl/N-ethyl adjacent to an activating group) is 1. The molecular weight excluding hydrogens is 482 g/mol. The molecule has 4 rings (SSSR count). The number of sulfonamides is 1. The van der Waals surface area contributed by atoms with Crippen LogP contribution in [-0.2, 0) is 24.3 Å². The molecule has 2 aliphatic rings. The lowest BCUT2D eigenvalue weighted by Crippen LogP contribution is -2.40. The van der Waals surface area contributed by atoms with E-state index >= 15 is 0 Å². The number of benzene rings is 2. The lowest BCUT2D eigenvalue weighted by atomic mass is 9.95. The van der Waals surface area contributed by atoms with Gasteiger partial charge in [-0.05, 0) is 38.7 Å². The summed E-state index contributed by atoms with van der Waals surface area (Å²) in [4.78, 5) is 29.6. The summed E-state index contributed by atoms with van der Waals surface area (Å²) >= 11 is 0. The topological polar surface area (TPSA) is 107 Å². The van der Waals surface area contributed by atoms with Gasteiger partial charge in [0.2, 0.25) is 10.0 Å². The minimum absolute atomic E-state index is 0.00201. The van der Waals surface area contributed by atoms with Gasteiger partial charge < -0.3 is 19.6 Å². The highest BCUT2D eigenvalue weighted by atomic mass is 32.2. The Bertz CT molecular complexity index is 1280. The Kier molecular flexibility index (Phi) is 7.60. The summed E-state index contributed by atoms with van der Waals surface area (Å²) in [6.07, 6.45) is 0. The van der Waals surface area contributed by atoms with Crippen molar-refractivity contribution in [2.75, 3.05) is 53.5 Å². The van der Waals surface area contributed by atoms with Crippen LogP contribution in [0.5, 0.6) is 0 Å². The molecule has 0 aromatic heterocycles. The van der Waals surface area contributed by atoms with E-state index in [0.717, 1.165) is 5.56 Å². The summed E-state index contributed by atoms with van der Waals surface area (Å²) in [5, 5.41) is 11.3. The van der Waals surface area contributed by atoms with E-state index in [0.29, 0.717) is 31.9 Å². The fourth-order valence-electron chi connectivity index (χ4n) is 4.41. The number of ether oxygens (including phenoxy) is 1. The normalized spacial score (nSPS) is 20.9. The number of rotatable bonds is 7. The molecule has 2 aromatic rings. The lowest BCUT2D eigenvalue weighted by Gasteiger charge is -2.27. The van der Waals surface area contributed by atoms with Crippen molar-refractivity contribution in [2.45, 2.75) is 17.9 Å². The molecule has 1 amide bonds. The van der Waals surface area contributed by atoms with Crippen LogP contribution in [0.2, 0.25) is 0 Å². The van der Waals surface area contributed by atoms with E-state index in [1.54, 1.807) is 0 Å². The highest BCUT2D eigenvalue weighted by Gasteiger charge is 2.46. The number of carbonyl (C=O) groups excluding carboxylic acids is 2. The summed E-state index contributed by atoms with van der Waals surface area (Å²) in [7, 11) is -0.0676. The molecule has 10 heteroatoms. The van der Waals surface area contributed by atoms with Gasteiger partial charge in [0.15, 0.2) is 0 Å². The van der Waals surface area contributed by atoms with Crippen LogP contribution in [0.4, 0.5) is 0 Å². The molecular formula is C26H31N3O6S. The summed E-state index contributed by atoms with van der Waals surface area (Å²) in [5.41, 5.74) is 1.82. The van der Waals surface area contributed by atoms with Gasteiger partial charge in [-0.15, -0.1) is 0 Å². The van der Waals surface area contributed by atoms with E-state index in [1.165, 1.54) is 33.5 Å². The van der Waals surface area contributed by atoms with Crippen molar-refractivity contribution in [1.82, 2.24) is 14.1 Å². The molecule has 2 aliphatic heterocycles. The fourth-order valence-corrected chi connectivity index (χ4v) is 5.86. The zero-order valence-electron chi connectivity index (χ0n) is 20.7. The second-order valence-electron chi connectivity index (χ2n) is 9.25. The van der Waals surface area contributed by atoms with Crippen LogP contribution in [0.3, 0.4) is 0 Å². The summed E-state index contributed by atoms with van der Waals surface area (Å²) in [6, 6.07) is 12.5. The Hall–Kier alpha value is -3.05. The molecule has 0 spiro atoms. The van der Waals surface area contributed by atoms with Gasteiger partial charge in [0.1, 0.15) is 5.76 Å². The molecule has 9 nitrogen and oxygen atoms in total. The Morgan fingerprint density at radius 2 is 1.75 bits per heavy atom. The highest BCUT2D eigenvalue weighted by Crippen LogP contribution is 2.39. The number of carbonyl (C=O) groups is 2. The van der Waals surface area contributed by atoms with E-state index < -0.39 is 33.5 Å². The quantitative estimate of drug-likeness (QED) is 0.343. The number of aryl methyl sites for hydroxylation is 1. The zero-order valence-corrected chi connectivity index (χ0v) is 21.5. The fraction of sp³-hybridized carbons (Fsp3) is 0.385. The zero-order chi connectivity index (χ0) is 26.0. The molecule has 2 heterocycles. The molecule has 2 fully saturated rings. The molecule has 0 aliphatic carbocycles. The number of aliphatic hydroxyl groups excluding tert-OH is 1. The molecule has 2 aromatic carbocycles. The molecule has 36 heavy (non-hydrogen) atoms. The molecule has 1 atom stereocenters. The first kappa shape index (κ1) is 26.0. The van der Waals surface area contributed by atoms with Crippen molar-refractivity contribution in [3.05, 3.63) is 70.8 Å². The first-order valence-corrected chi connectivity index (χ1v) is 13.2. The smallest absolute Gasteiger partial charge is 0.295 e. The molecule has 0 saturated carbocycles. The number of ketones is 1. The SMILES string of the molecule is Cc1ccc([C@@H]2C(=C(O)c3cccc(S(=O)(=O)N4CCOCC4)c3)C(=O)C(=O)N2CCN(C)C)cc1. The van der Waals surface area contributed by atoms with Crippen LogP contribution >= 0.6 is 0 Å². The maximum Gasteiger partial charge on any atom is 0.295 e. The predicted molar refractivity (Wildman–Crippen MR) is 135 cm³/mol. The third kappa shape index (κ3) is 5.08. The molecule has 2 saturated heterocycles. The van der Waals surface area contributed by atoms with Crippen LogP contribution in [0.1, 0.15) is 22.7 Å². The van der Waals surface area contributed by atoms with E-state index in [4.69, 9.17) is 4.74 Å². The van der Waals surface area contributed by atoms with E-state index in [2.05, 4.69) is 0 Å². The van der Waals surface area contributed by atoms with Gasteiger partial charge in [0.05, 0.1) is 29.7 Å². The molecule has 0 radical (unpaired) electrons. The van der Waals surface area contributed by atoms with Crippen molar-refractivity contribution in [1.29, 1.82) is 0 Å². The van der Waals surface area contributed by atoms with E-state index in [-0.39, 0.29) is 29.1 Å². The Morgan fingerprint density at radius 1 is 1.08 bits per heavy atom. The van der Waals surface area contributed by atoms with Gasteiger partial charge in [-0.25, -0.2) is 8.42 Å².